The fourth-order valence-corrected chi connectivity index (χ4v) is 1.91. The maximum absolute atomic E-state index is 11.5. The van der Waals surface area contributed by atoms with Gasteiger partial charge in [0.05, 0.1) is 0 Å². The zero-order valence-electron chi connectivity index (χ0n) is 11.4. The van der Waals surface area contributed by atoms with Crippen LogP contribution in [0.1, 0.15) is 39.5 Å². The Hall–Kier alpha value is -1.32. The van der Waals surface area contributed by atoms with Gasteiger partial charge in [-0.2, -0.15) is 0 Å². The van der Waals surface area contributed by atoms with Gasteiger partial charge in [-0.05, 0) is 12.3 Å². The summed E-state index contributed by atoms with van der Waals surface area (Å²) >= 11 is 0. The average molecular weight is 252 g/mol. The smallest absolute Gasteiger partial charge is 0.246 e. The lowest BCUT2D eigenvalue weighted by molar-refractivity contribution is -0.125. The van der Waals surface area contributed by atoms with Crippen LogP contribution in [-0.4, -0.2) is 36.3 Å². The largest absolute Gasteiger partial charge is 0.356 e. The Morgan fingerprint density at radius 3 is 2.83 bits per heavy atom. The molecule has 0 atom stereocenters. The van der Waals surface area contributed by atoms with E-state index in [1.54, 1.807) is 11.0 Å². The van der Waals surface area contributed by atoms with Crippen LogP contribution in [0.2, 0.25) is 0 Å². The van der Waals surface area contributed by atoms with E-state index < -0.39 is 0 Å². The molecule has 0 fully saturated rings. The topological polar surface area (TPSA) is 49.4 Å². The lowest BCUT2D eigenvalue weighted by Crippen LogP contribution is -2.32. The van der Waals surface area contributed by atoms with Crippen LogP contribution in [0.5, 0.6) is 0 Å². The molecule has 0 saturated carbocycles. The quantitative estimate of drug-likeness (QED) is 0.669. The number of hydrogen-bond acceptors (Lipinski definition) is 2. The highest BCUT2D eigenvalue weighted by atomic mass is 16.2. The lowest BCUT2D eigenvalue weighted by Gasteiger charge is -2.14. The van der Waals surface area contributed by atoms with Crippen molar-refractivity contribution in [1.29, 1.82) is 0 Å². The molecule has 0 saturated heterocycles. The van der Waals surface area contributed by atoms with Crippen molar-refractivity contribution in [1.82, 2.24) is 10.2 Å². The Morgan fingerprint density at radius 2 is 2.22 bits per heavy atom. The van der Waals surface area contributed by atoms with Crippen LogP contribution >= 0.6 is 0 Å². The highest BCUT2D eigenvalue weighted by Crippen LogP contribution is 2.05. The maximum atomic E-state index is 11.5. The first-order valence-electron chi connectivity index (χ1n) is 6.81. The van der Waals surface area contributed by atoms with Gasteiger partial charge in [-0.3, -0.25) is 9.59 Å². The van der Waals surface area contributed by atoms with Crippen LogP contribution in [0.15, 0.2) is 12.2 Å². The summed E-state index contributed by atoms with van der Waals surface area (Å²) in [4.78, 5) is 24.5. The van der Waals surface area contributed by atoms with Crippen LogP contribution in [0.4, 0.5) is 0 Å². The molecule has 0 aliphatic carbocycles. The molecule has 1 N–H and O–H groups in total. The summed E-state index contributed by atoms with van der Waals surface area (Å²) in [5, 5.41) is 2.90. The Kier molecular flexibility index (Phi) is 6.47. The van der Waals surface area contributed by atoms with Crippen LogP contribution in [-0.2, 0) is 9.59 Å². The summed E-state index contributed by atoms with van der Waals surface area (Å²) < 4.78 is 0. The summed E-state index contributed by atoms with van der Waals surface area (Å²) in [6.45, 7) is 6.32. The van der Waals surface area contributed by atoms with Gasteiger partial charge in [0.25, 0.3) is 0 Å². The van der Waals surface area contributed by atoms with Gasteiger partial charge >= 0.3 is 0 Å². The minimum Gasteiger partial charge on any atom is -0.356 e. The average Bonchev–Trinajstić information content (AvgIpc) is 2.71. The molecule has 0 unspecified atom stereocenters. The fourth-order valence-electron chi connectivity index (χ4n) is 1.91. The van der Waals surface area contributed by atoms with E-state index in [0.29, 0.717) is 19.5 Å². The lowest BCUT2D eigenvalue weighted by atomic mass is 10.1. The van der Waals surface area contributed by atoms with Gasteiger partial charge < -0.3 is 10.2 Å². The Morgan fingerprint density at radius 1 is 1.44 bits per heavy atom. The standard InChI is InChI=1S/C14H24N2O2/c1-12(2)6-3-4-9-15-13(17)8-11-16-10-5-7-14(16)18/h5,7,12H,3-4,6,8-11H2,1-2H3,(H,15,17). The number of nitrogens with zero attached hydrogens (tertiary/aromatic N) is 1. The van der Waals surface area contributed by atoms with Crippen molar-refractivity contribution in [3.05, 3.63) is 12.2 Å². The molecule has 102 valence electrons. The van der Waals surface area contributed by atoms with E-state index in [-0.39, 0.29) is 11.8 Å². The SMILES string of the molecule is CC(C)CCCCNC(=O)CCN1CC=CC1=O. The molecule has 0 aromatic heterocycles. The molecule has 1 aliphatic rings. The van der Waals surface area contributed by atoms with Crippen LogP contribution in [0.25, 0.3) is 0 Å². The first kappa shape index (κ1) is 14.7. The molecular weight excluding hydrogens is 228 g/mol. The van der Waals surface area contributed by atoms with E-state index in [0.717, 1.165) is 25.3 Å². The normalized spacial score (nSPS) is 14.6. The summed E-state index contributed by atoms with van der Waals surface area (Å²) in [6.07, 6.45) is 7.19. The highest BCUT2D eigenvalue weighted by molar-refractivity contribution is 5.90. The van der Waals surface area contributed by atoms with Crippen molar-refractivity contribution in [3.8, 4) is 0 Å². The molecule has 1 heterocycles. The molecule has 1 rings (SSSR count). The summed E-state index contributed by atoms with van der Waals surface area (Å²) in [5.41, 5.74) is 0. The fraction of sp³-hybridized carbons (Fsp3) is 0.714. The van der Waals surface area contributed by atoms with Gasteiger partial charge in [-0.1, -0.05) is 32.8 Å². The minimum atomic E-state index is 0.0136. The van der Waals surface area contributed by atoms with Crippen LogP contribution < -0.4 is 5.32 Å². The summed E-state index contributed by atoms with van der Waals surface area (Å²) in [7, 11) is 0. The van der Waals surface area contributed by atoms with Crippen molar-refractivity contribution in [2.24, 2.45) is 5.92 Å². The molecule has 0 spiro atoms. The predicted octanol–water partition coefficient (Wildman–Crippen LogP) is 1.72. The van der Waals surface area contributed by atoms with Gasteiger partial charge in [0.1, 0.15) is 0 Å². The predicted molar refractivity (Wildman–Crippen MR) is 72.0 cm³/mol. The molecule has 0 bridgehead atoms. The molecule has 18 heavy (non-hydrogen) atoms. The van der Waals surface area contributed by atoms with Crippen molar-refractivity contribution < 1.29 is 9.59 Å². The Labute approximate surface area is 109 Å². The minimum absolute atomic E-state index is 0.0136. The number of carbonyl (C=O) groups is 2. The highest BCUT2D eigenvalue weighted by Gasteiger charge is 2.15. The first-order valence-corrected chi connectivity index (χ1v) is 6.81. The van der Waals surface area contributed by atoms with Gasteiger partial charge in [0.15, 0.2) is 0 Å². The first-order chi connectivity index (χ1) is 8.59. The summed E-state index contributed by atoms with van der Waals surface area (Å²) in [5.74, 6) is 0.786. The molecule has 0 aromatic rings. The number of amides is 2. The van der Waals surface area contributed by atoms with Crippen LogP contribution in [0.3, 0.4) is 0 Å². The number of unbranched alkanes of at least 4 members (excludes halogenated alkanes) is 1. The van der Waals surface area contributed by atoms with Crippen LogP contribution in [0, 0.1) is 5.92 Å². The number of carbonyl (C=O) groups excluding carboxylic acids is 2. The third-order valence-corrected chi connectivity index (χ3v) is 3.04. The Bertz CT molecular complexity index is 311. The monoisotopic (exact) mass is 252 g/mol. The van der Waals surface area contributed by atoms with E-state index in [9.17, 15) is 9.59 Å². The maximum Gasteiger partial charge on any atom is 0.246 e. The van der Waals surface area contributed by atoms with E-state index in [1.165, 1.54) is 6.42 Å². The summed E-state index contributed by atoms with van der Waals surface area (Å²) in [6, 6.07) is 0. The van der Waals surface area contributed by atoms with Crippen molar-refractivity contribution in [3.63, 3.8) is 0 Å². The van der Waals surface area contributed by atoms with Crippen molar-refractivity contribution in [2.75, 3.05) is 19.6 Å². The molecule has 4 heteroatoms. The van der Waals surface area contributed by atoms with Gasteiger partial charge in [0.2, 0.25) is 11.8 Å². The van der Waals surface area contributed by atoms with Gasteiger partial charge in [-0.25, -0.2) is 0 Å². The third-order valence-electron chi connectivity index (χ3n) is 3.04. The second-order valence-corrected chi connectivity index (χ2v) is 5.18. The zero-order chi connectivity index (χ0) is 13.4. The van der Waals surface area contributed by atoms with Gasteiger partial charge in [0, 0.05) is 32.1 Å². The number of nitrogens with one attached hydrogen (secondary N) is 1. The van der Waals surface area contributed by atoms with E-state index in [2.05, 4.69) is 19.2 Å². The van der Waals surface area contributed by atoms with Crippen molar-refractivity contribution in [2.45, 2.75) is 39.5 Å². The van der Waals surface area contributed by atoms with E-state index >= 15 is 0 Å². The molecule has 1 aliphatic heterocycles. The second-order valence-electron chi connectivity index (χ2n) is 5.18. The molecular formula is C14H24N2O2. The second kappa shape index (κ2) is 7.90. The third kappa shape index (κ3) is 5.84. The molecule has 0 aromatic carbocycles. The zero-order valence-corrected chi connectivity index (χ0v) is 11.4. The molecule has 2 amide bonds. The molecule has 0 radical (unpaired) electrons. The van der Waals surface area contributed by atoms with Gasteiger partial charge in [-0.15, -0.1) is 0 Å². The number of rotatable bonds is 8. The molecule has 4 nitrogen and oxygen atoms in total. The van der Waals surface area contributed by atoms with Crippen molar-refractivity contribution >= 4 is 11.8 Å². The van der Waals surface area contributed by atoms with E-state index in [4.69, 9.17) is 0 Å². The number of hydrogen-bond donors (Lipinski definition) is 1. The Balaban J connectivity index is 1.99. The van der Waals surface area contributed by atoms with E-state index in [1.807, 2.05) is 6.08 Å².